The molecular weight excluding hydrogens is 209 g/mol. The van der Waals surface area contributed by atoms with Crippen molar-refractivity contribution < 1.29 is 9.09 Å². The summed E-state index contributed by atoms with van der Waals surface area (Å²) in [5.74, 6) is 0. The molecule has 0 aromatic rings. The molecule has 0 spiro atoms. The predicted octanol–water partition coefficient (Wildman–Crippen LogP) is 3.50. The number of hydrogen-bond donors (Lipinski definition) is 0. The maximum Gasteiger partial charge on any atom is 0.277 e. The summed E-state index contributed by atoms with van der Waals surface area (Å²) in [6, 6.07) is 0.285. The average Bonchev–Trinajstić information content (AvgIpc) is 2.26. The first-order valence-electron chi connectivity index (χ1n) is 5.81. The Morgan fingerprint density at radius 3 is 2.33 bits per heavy atom. The van der Waals surface area contributed by atoms with Gasteiger partial charge < -0.3 is 4.52 Å². The molecule has 3 nitrogen and oxygen atoms in total. The highest BCUT2D eigenvalue weighted by atomic mass is 31.2. The molecule has 0 aromatic carbocycles. The number of rotatable bonds is 1. The molecule has 1 aliphatic heterocycles. The molecule has 0 aliphatic carbocycles. The summed E-state index contributed by atoms with van der Waals surface area (Å²) in [6.07, 6.45) is 2.10. The summed E-state index contributed by atoms with van der Waals surface area (Å²) in [4.78, 5) is 0. The topological polar surface area (TPSA) is 29.5 Å². The maximum absolute atomic E-state index is 13.0. The molecule has 0 aromatic heterocycles. The van der Waals surface area contributed by atoms with Crippen LogP contribution < -0.4 is 0 Å². The van der Waals surface area contributed by atoms with Crippen LogP contribution in [0.15, 0.2) is 0 Å². The largest absolute Gasteiger partial charge is 0.317 e. The zero-order valence-corrected chi connectivity index (χ0v) is 11.5. The summed E-state index contributed by atoms with van der Waals surface area (Å²) in [5, 5.41) is -0.290. The first kappa shape index (κ1) is 13.2. The lowest BCUT2D eigenvalue weighted by Gasteiger charge is -2.39. The zero-order valence-electron chi connectivity index (χ0n) is 10.6. The molecule has 0 bridgehead atoms. The van der Waals surface area contributed by atoms with E-state index in [1.807, 2.05) is 20.8 Å². The minimum atomic E-state index is -2.67. The van der Waals surface area contributed by atoms with Crippen LogP contribution >= 0.6 is 7.52 Å². The molecule has 90 valence electrons. The second-order valence-corrected chi connectivity index (χ2v) is 8.64. The van der Waals surface area contributed by atoms with Gasteiger partial charge in [-0.2, -0.15) is 0 Å². The van der Waals surface area contributed by atoms with E-state index in [-0.39, 0.29) is 11.2 Å². The normalized spacial score (nSPS) is 30.5. The highest BCUT2D eigenvalue weighted by molar-refractivity contribution is 7.58. The lowest BCUT2D eigenvalue weighted by molar-refractivity contribution is 0.251. The van der Waals surface area contributed by atoms with Crippen molar-refractivity contribution in [1.82, 2.24) is 4.67 Å². The van der Waals surface area contributed by atoms with E-state index in [0.717, 1.165) is 19.4 Å². The molecule has 15 heavy (non-hydrogen) atoms. The summed E-state index contributed by atoms with van der Waals surface area (Å²) < 4.78 is 20.7. The Morgan fingerprint density at radius 1 is 1.27 bits per heavy atom. The Balaban J connectivity index is 3.03. The van der Waals surface area contributed by atoms with E-state index >= 15 is 0 Å². The molecular formula is C11H24NO2P. The van der Waals surface area contributed by atoms with Crippen LogP contribution in [0.2, 0.25) is 0 Å². The molecule has 1 fully saturated rings. The van der Waals surface area contributed by atoms with E-state index in [2.05, 4.69) is 18.5 Å². The molecule has 1 aliphatic rings. The fraction of sp³-hybridized carbons (Fsp3) is 1.00. The molecule has 0 radical (unpaired) electrons. The van der Waals surface area contributed by atoms with E-state index in [9.17, 15) is 4.57 Å². The standard InChI is InChI=1S/C11H24NO2P/c1-10(2)12-8-6-7-9-14-15(12,13)11(3,4)5/h10H,6-9H2,1-5H3. The zero-order chi connectivity index (χ0) is 11.7. The van der Waals surface area contributed by atoms with Gasteiger partial charge in [-0.3, -0.25) is 4.57 Å². The van der Waals surface area contributed by atoms with Crippen molar-refractivity contribution in [2.24, 2.45) is 0 Å². The molecule has 1 rings (SSSR count). The Labute approximate surface area is 93.7 Å². The van der Waals surface area contributed by atoms with Gasteiger partial charge in [0.2, 0.25) is 0 Å². The number of hydrogen-bond acceptors (Lipinski definition) is 2. The Hall–Kier alpha value is 0.150. The second kappa shape index (κ2) is 4.57. The lowest BCUT2D eigenvalue weighted by atomic mass is 10.3. The van der Waals surface area contributed by atoms with Gasteiger partial charge in [0, 0.05) is 12.6 Å². The molecule has 1 atom stereocenters. The van der Waals surface area contributed by atoms with Crippen molar-refractivity contribution in [1.29, 1.82) is 0 Å². The third-order valence-electron chi connectivity index (χ3n) is 2.83. The quantitative estimate of drug-likeness (QED) is 0.649. The van der Waals surface area contributed by atoms with Crippen LogP contribution in [0.3, 0.4) is 0 Å². The van der Waals surface area contributed by atoms with Crippen molar-refractivity contribution in [3.63, 3.8) is 0 Å². The number of nitrogens with zero attached hydrogens (tertiary/aromatic N) is 1. The van der Waals surface area contributed by atoms with Crippen molar-refractivity contribution in [2.45, 2.75) is 58.7 Å². The van der Waals surface area contributed by atoms with E-state index in [1.165, 1.54) is 0 Å². The van der Waals surface area contributed by atoms with Gasteiger partial charge in [-0.15, -0.1) is 0 Å². The fourth-order valence-corrected chi connectivity index (χ4v) is 4.61. The van der Waals surface area contributed by atoms with Gasteiger partial charge in [-0.25, -0.2) is 4.67 Å². The second-order valence-electron chi connectivity index (χ2n) is 5.49. The average molecular weight is 233 g/mol. The predicted molar refractivity (Wildman–Crippen MR) is 64.4 cm³/mol. The monoisotopic (exact) mass is 233 g/mol. The van der Waals surface area contributed by atoms with Gasteiger partial charge in [0.1, 0.15) is 0 Å². The van der Waals surface area contributed by atoms with Crippen molar-refractivity contribution in [3.05, 3.63) is 0 Å². The summed E-state index contributed by atoms with van der Waals surface area (Å²) >= 11 is 0. The third kappa shape index (κ3) is 2.64. The highest BCUT2D eigenvalue weighted by Gasteiger charge is 2.45. The summed E-state index contributed by atoms with van der Waals surface area (Å²) in [5.41, 5.74) is 0. The molecule has 0 N–H and O–H groups in total. The van der Waals surface area contributed by atoms with Crippen molar-refractivity contribution in [3.8, 4) is 0 Å². The first-order chi connectivity index (χ1) is 6.79. The Morgan fingerprint density at radius 2 is 1.87 bits per heavy atom. The van der Waals surface area contributed by atoms with E-state index in [0.29, 0.717) is 6.61 Å². The lowest BCUT2D eigenvalue weighted by Crippen LogP contribution is -2.35. The van der Waals surface area contributed by atoms with Crippen molar-refractivity contribution >= 4 is 7.52 Å². The van der Waals surface area contributed by atoms with E-state index < -0.39 is 7.52 Å². The Bertz CT molecular complexity index is 258. The van der Waals surface area contributed by atoms with E-state index in [4.69, 9.17) is 4.52 Å². The fourth-order valence-electron chi connectivity index (χ4n) is 1.91. The van der Waals surface area contributed by atoms with Crippen LogP contribution in [0.4, 0.5) is 0 Å². The van der Waals surface area contributed by atoms with Crippen molar-refractivity contribution in [2.75, 3.05) is 13.2 Å². The van der Waals surface area contributed by atoms with Gasteiger partial charge >= 0.3 is 0 Å². The van der Waals surface area contributed by atoms with E-state index in [1.54, 1.807) is 0 Å². The molecule has 0 amide bonds. The van der Waals surface area contributed by atoms with Gasteiger partial charge in [0.05, 0.1) is 11.8 Å². The summed E-state index contributed by atoms with van der Waals surface area (Å²) in [7, 11) is -2.67. The van der Waals surface area contributed by atoms with Gasteiger partial charge in [0.15, 0.2) is 0 Å². The van der Waals surface area contributed by atoms with Crippen LogP contribution in [0.1, 0.15) is 47.5 Å². The minimum absolute atomic E-state index is 0.285. The van der Waals surface area contributed by atoms with Gasteiger partial charge in [-0.1, -0.05) is 0 Å². The van der Waals surface area contributed by atoms with Crippen LogP contribution in [0, 0.1) is 0 Å². The van der Waals surface area contributed by atoms with Crippen LogP contribution in [-0.2, 0) is 9.09 Å². The smallest absolute Gasteiger partial charge is 0.277 e. The Kier molecular flexibility index (Phi) is 4.02. The third-order valence-corrected chi connectivity index (χ3v) is 6.40. The van der Waals surface area contributed by atoms with Gasteiger partial charge in [0.25, 0.3) is 7.52 Å². The molecule has 1 heterocycles. The van der Waals surface area contributed by atoms with Crippen LogP contribution in [0.5, 0.6) is 0 Å². The summed E-state index contributed by atoms with van der Waals surface area (Å²) in [6.45, 7) is 11.7. The van der Waals surface area contributed by atoms with Crippen LogP contribution in [-0.4, -0.2) is 29.0 Å². The SMILES string of the molecule is CC(C)N1CCCCOP1(=O)C(C)(C)C. The first-order valence-corrected chi connectivity index (χ1v) is 7.38. The maximum atomic E-state index is 13.0. The minimum Gasteiger partial charge on any atom is -0.317 e. The van der Waals surface area contributed by atoms with Gasteiger partial charge in [-0.05, 0) is 47.5 Å². The molecule has 0 saturated carbocycles. The highest BCUT2D eigenvalue weighted by Crippen LogP contribution is 2.63. The molecule has 1 saturated heterocycles. The van der Waals surface area contributed by atoms with Crippen LogP contribution in [0.25, 0.3) is 0 Å². The molecule has 1 unspecified atom stereocenters. The molecule has 4 heteroatoms.